The minimum atomic E-state index is -0.212. The van der Waals surface area contributed by atoms with Crippen LogP contribution in [0.4, 0.5) is 5.00 Å². The summed E-state index contributed by atoms with van der Waals surface area (Å²) in [5, 5.41) is 3.95. The summed E-state index contributed by atoms with van der Waals surface area (Å²) in [7, 11) is 3.28. The third-order valence-corrected chi connectivity index (χ3v) is 1.68. The highest BCUT2D eigenvalue weighted by atomic mass is 32.1. The standard InChI is InChI=1S/C5H8N4OS/c1-9(2)5(10)3-4(6)11-8-7-3/h6H2,1-2H3. The van der Waals surface area contributed by atoms with Crippen molar-refractivity contribution in [3.63, 3.8) is 0 Å². The third kappa shape index (κ3) is 1.45. The Morgan fingerprint density at radius 3 is 2.64 bits per heavy atom. The van der Waals surface area contributed by atoms with Crippen LogP contribution in [-0.2, 0) is 0 Å². The first-order valence-corrected chi connectivity index (χ1v) is 3.69. The van der Waals surface area contributed by atoms with Gasteiger partial charge in [0, 0.05) is 25.6 Å². The molecule has 5 nitrogen and oxygen atoms in total. The Hall–Kier alpha value is -1.17. The fraction of sp³-hybridized carbons (Fsp3) is 0.400. The van der Waals surface area contributed by atoms with Gasteiger partial charge in [-0.2, -0.15) is 0 Å². The molecule has 0 bridgehead atoms. The maximum Gasteiger partial charge on any atom is 0.276 e. The van der Waals surface area contributed by atoms with E-state index in [-0.39, 0.29) is 11.6 Å². The number of amides is 1. The summed E-state index contributed by atoms with van der Waals surface area (Å²) in [4.78, 5) is 12.6. The van der Waals surface area contributed by atoms with Gasteiger partial charge in [-0.3, -0.25) is 4.79 Å². The quantitative estimate of drug-likeness (QED) is 0.638. The molecule has 0 radical (unpaired) electrons. The summed E-state index contributed by atoms with van der Waals surface area (Å²) in [6, 6.07) is 0. The average Bonchev–Trinajstić information content (AvgIpc) is 2.33. The minimum Gasteiger partial charge on any atom is -0.387 e. The van der Waals surface area contributed by atoms with Gasteiger partial charge in [-0.15, -0.1) is 5.10 Å². The fourth-order valence-corrected chi connectivity index (χ4v) is 0.983. The van der Waals surface area contributed by atoms with Crippen molar-refractivity contribution in [2.45, 2.75) is 0 Å². The van der Waals surface area contributed by atoms with Gasteiger partial charge in [-0.05, 0) is 0 Å². The zero-order chi connectivity index (χ0) is 8.43. The van der Waals surface area contributed by atoms with Crippen molar-refractivity contribution in [1.29, 1.82) is 0 Å². The van der Waals surface area contributed by atoms with Gasteiger partial charge >= 0.3 is 0 Å². The molecule has 11 heavy (non-hydrogen) atoms. The molecule has 0 spiro atoms. The fourth-order valence-electron chi connectivity index (χ4n) is 0.558. The second-order valence-electron chi connectivity index (χ2n) is 2.19. The summed E-state index contributed by atoms with van der Waals surface area (Å²) in [5.41, 5.74) is 5.66. The van der Waals surface area contributed by atoms with E-state index >= 15 is 0 Å². The average molecular weight is 172 g/mol. The molecule has 0 aromatic carbocycles. The van der Waals surface area contributed by atoms with Gasteiger partial charge in [0.2, 0.25) is 0 Å². The highest BCUT2D eigenvalue weighted by molar-refractivity contribution is 7.10. The molecular formula is C5H8N4OS. The summed E-state index contributed by atoms with van der Waals surface area (Å²) in [6.45, 7) is 0. The molecular weight excluding hydrogens is 164 g/mol. The molecule has 1 aromatic heterocycles. The number of hydrogen-bond donors (Lipinski definition) is 1. The Labute approximate surface area is 68.0 Å². The predicted octanol–water partition coefficient (Wildman–Crippen LogP) is -0.178. The third-order valence-electron chi connectivity index (χ3n) is 1.12. The highest BCUT2D eigenvalue weighted by Crippen LogP contribution is 2.13. The van der Waals surface area contributed by atoms with E-state index in [2.05, 4.69) is 9.59 Å². The van der Waals surface area contributed by atoms with Crippen LogP contribution in [0.3, 0.4) is 0 Å². The largest absolute Gasteiger partial charge is 0.387 e. The minimum absolute atomic E-state index is 0.212. The Morgan fingerprint density at radius 1 is 1.64 bits per heavy atom. The number of rotatable bonds is 1. The van der Waals surface area contributed by atoms with Crippen molar-refractivity contribution >= 4 is 22.4 Å². The second kappa shape index (κ2) is 2.83. The number of nitrogen functional groups attached to an aromatic ring is 1. The van der Waals surface area contributed by atoms with Crippen molar-refractivity contribution < 1.29 is 4.79 Å². The monoisotopic (exact) mass is 172 g/mol. The van der Waals surface area contributed by atoms with Gasteiger partial charge in [-0.1, -0.05) is 4.49 Å². The van der Waals surface area contributed by atoms with Gasteiger partial charge in [0.25, 0.3) is 5.91 Å². The topological polar surface area (TPSA) is 72.1 Å². The lowest BCUT2D eigenvalue weighted by atomic mass is 10.4. The van der Waals surface area contributed by atoms with Crippen LogP contribution in [0.5, 0.6) is 0 Å². The lowest BCUT2D eigenvalue weighted by Gasteiger charge is -2.06. The molecule has 0 fully saturated rings. The van der Waals surface area contributed by atoms with Crippen LogP contribution in [-0.4, -0.2) is 34.5 Å². The van der Waals surface area contributed by atoms with Crippen LogP contribution in [0.2, 0.25) is 0 Å². The molecule has 0 saturated carbocycles. The van der Waals surface area contributed by atoms with Crippen molar-refractivity contribution in [2.75, 3.05) is 19.8 Å². The molecule has 6 heteroatoms. The van der Waals surface area contributed by atoms with E-state index in [1.165, 1.54) is 4.90 Å². The highest BCUT2D eigenvalue weighted by Gasteiger charge is 2.15. The van der Waals surface area contributed by atoms with Gasteiger partial charge in [0.05, 0.1) is 0 Å². The number of carbonyl (C=O) groups is 1. The smallest absolute Gasteiger partial charge is 0.276 e. The molecule has 1 heterocycles. The molecule has 0 saturated heterocycles. The molecule has 0 aliphatic heterocycles. The van der Waals surface area contributed by atoms with E-state index in [9.17, 15) is 4.79 Å². The maximum atomic E-state index is 11.2. The zero-order valence-electron chi connectivity index (χ0n) is 6.24. The Kier molecular flexibility index (Phi) is 2.04. The summed E-state index contributed by atoms with van der Waals surface area (Å²) in [5.74, 6) is -0.212. The molecule has 1 rings (SSSR count). The van der Waals surface area contributed by atoms with Crippen molar-refractivity contribution in [1.82, 2.24) is 14.5 Å². The molecule has 2 N–H and O–H groups in total. The second-order valence-corrected chi connectivity index (χ2v) is 2.97. The van der Waals surface area contributed by atoms with E-state index in [0.29, 0.717) is 5.00 Å². The number of hydrogen-bond acceptors (Lipinski definition) is 5. The molecule has 60 valence electrons. The Balaban J connectivity index is 2.93. The van der Waals surface area contributed by atoms with E-state index in [4.69, 9.17) is 5.73 Å². The first-order chi connectivity index (χ1) is 5.13. The van der Waals surface area contributed by atoms with E-state index in [1.807, 2.05) is 0 Å². The van der Waals surface area contributed by atoms with Crippen LogP contribution < -0.4 is 5.73 Å². The summed E-state index contributed by atoms with van der Waals surface area (Å²) >= 11 is 1.02. The predicted molar refractivity (Wildman–Crippen MR) is 42.3 cm³/mol. The molecule has 0 atom stereocenters. The lowest BCUT2D eigenvalue weighted by Crippen LogP contribution is -2.22. The van der Waals surface area contributed by atoms with E-state index in [1.54, 1.807) is 14.1 Å². The van der Waals surface area contributed by atoms with Crippen molar-refractivity contribution in [2.24, 2.45) is 0 Å². The van der Waals surface area contributed by atoms with Gasteiger partial charge in [0.15, 0.2) is 5.69 Å². The lowest BCUT2D eigenvalue weighted by molar-refractivity contribution is 0.0823. The molecule has 0 aliphatic rings. The van der Waals surface area contributed by atoms with Crippen LogP contribution in [0.25, 0.3) is 0 Å². The number of aromatic nitrogens is 2. The Bertz CT molecular complexity index is 269. The maximum absolute atomic E-state index is 11.2. The Morgan fingerprint density at radius 2 is 2.27 bits per heavy atom. The first kappa shape index (κ1) is 7.93. The number of anilines is 1. The SMILES string of the molecule is CN(C)C(=O)c1nnsc1N. The van der Waals surface area contributed by atoms with Crippen LogP contribution >= 0.6 is 11.5 Å². The molecule has 1 amide bonds. The number of nitrogens with zero attached hydrogens (tertiary/aromatic N) is 3. The zero-order valence-corrected chi connectivity index (χ0v) is 7.05. The van der Waals surface area contributed by atoms with Crippen LogP contribution in [0.1, 0.15) is 10.5 Å². The first-order valence-electron chi connectivity index (χ1n) is 2.92. The molecule has 1 aromatic rings. The normalized spacial score (nSPS) is 9.64. The van der Waals surface area contributed by atoms with E-state index in [0.717, 1.165) is 11.5 Å². The summed E-state index contributed by atoms with van der Waals surface area (Å²) < 4.78 is 3.54. The number of nitrogens with two attached hydrogens (primary N) is 1. The van der Waals surface area contributed by atoms with Crippen molar-refractivity contribution in [3.8, 4) is 0 Å². The van der Waals surface area contributed by atoms with E-state index < -0.39 is 0 Å². The number of carbonyl (C=O) groups excluding carboxylic acids is 1. The van der Waals surface area contributed by atoms with Gasteiger partial charge in [0.1, 0.15) is 5.00 Å². The van der Waals surface area contributed by atoms with Crippen LogP contribution in [0.15, 0.2) is 0 Å². The van der Waals surface area contributed by atoms with Crippen LogP contribution in [0, 0.1) is 0 Å². The van der Waals surface area contributed by atoms with Gasteiger partial charge < -0.3 is 10.6 Å². The van der Waals surface area contributed by atoms with Gasteiger partial charge in [-0.25, -0.2) is 0 Å². The molecule has 0 unspecified atom stereocenters. The summed E-state index contributed by atoms with van der Waals surface area (Å²) in [6.07, 6.45) is 0. The van der Waals surface area contributed by atoms with Crippen molar-refractivity contribution in [3.05, 3.63) is 5.69 Å². The molecule has 0 aliphatic carbocycles.